The number of aromatic amines is 1. The molecule has 0 saturated carbocycles. The monoisotopic (exact) mass is 391 g/mol. The SMILES string of the molecule is Cc1[nH]ncc1-c1ccc2nc(Nc3cc(N4CCNCC4)ccn3)sc2c1. The van der Waals surface area contributed by atoms with E-state index < -0.39 is 0 Å². The number of piperazine rings is 1. The van der Waals surface area contributed by atoms with Gasteiger partial charge in [0, 0.05) is 55.4 Å². The van der Waals surface area contributed by atoms with Crippen LogP contribution in [0.3, 0.4) is 0 Å². The van der Waals surface area contributed by atoms with Gasteiger partial charge in [-0.15, -0.1) is 0 Å². The number of nitrogens with one attached hydrogen (secondary N) is 3. The van der Waals surface area contributed by atoms with E-state index in [1.54, 1.807) is 11.3 Å². The summed E-state index contributed by atoms with van der Waals surface area (Å²) in [5.41, 5.74) is 5.51. The van der Waals surface area contributed by atoms with Crippen molar-refractivity contribution in [3.8, 4) is 11.1 Å². The third-order valence-corrected chi connectivity index (χ3v) is 5.92. The molecule has 142 valence electrons. The van der Waals surface area contributed by atoms with Crippen LogP contribution in [0.15, 0.2) is 42.7 Å². The lowest BCUT2D eigenvalue weighted by Crippen LogP contribution is -2.43. The van der Waals surface area contributed by atoms with Gasteiger partial charge in [-0.1, -0.05) is 17.4 Å². The second-order valence-corrected chi connectivity index (χ2v) is 7.90. The molecule has 1 aliphatic rings. The van der Waals surface area contributed by atoms with Crippen molar-refractivity contribution in [2.45, 2.75) is 6.92 Å². The Hall–Kier alpha value is -2.97. The van der Waals surface area contributed by atoms with Crippen molar-refractivity contribution >= 4 is 38.2 Å². The molecule has 0 spiro atoms. The van der Waals surface area contributed by atoms with Gasteiger partial charge in [-0.05, 0) is 30.7 Å². The predicted molar refractivity (Wildman–Crippen MR) is 115 cm³/mol. The van der Waals surface area contributed by atoms with Crippen molar-refractivity contribution in [3.63, 3.8) is 0 Å². The van der Waals surface area contributed by atoms with Gasteiger partial charge in [0.1, 0.15) is 5.82 Å². The quantitative estimate of drug-likeness (QED) is 0.494. The smallest absolute Gasteiger partial charge is 0.189 e. The van der Waals surface area contributed by atoms with Gasteiger partial charge in [-0.25, -0.2) is 9.97 Å². The molecule has 0 amide bonds. The fourth-order valence-electron chi connectivity index (χ4n) is 3.50. The van der Waals surface area contributed by atoms with E-state index in [1.807, 2.05) is 19.3 Å². The molecule has 3 aromatic heterocycles. The van der Waals surface area contributed by atoms with Gasteiger partial charge in [0.25, 0.3) is 0 Å². The molecular weight excluding hydrogens is 370 g/mol. The first-order valence-corrected chi connectivity index (χ1v) is 10.2. The predicted octanol–water partition coefficient (Wildman–Crippen LogP) is 3.54. The molecule has 0 atom stereocenters. The second-order valence-electron chi connectivity index (χ2n) is 6.87. The van der Waals surface area contributed by atoms with E-state index in [2.05, 4.69) is 61.0 Å². The average Bonchev–Trinajstić information content (AvgIpc) is 3.33. The van der Waals surface area contributed by atoms with Crippen LogP contribution in [-0.4, -0.2) is 46.3 Å². The first kappa shape index (κ1) is 17.2. The summed E-state index contributed by atoms with van der Waals surface area (Å²) < 4.78 is 1.14. The largest absolute Gasteiger partial charge is 0.369 e. The zero-order chi connectivity index (χ0) is 18.9. The summed E-state index contributed by atoms with van der Waals surface area (Å²) in [6.07, 6.45) is 3.72. The van der Waals surface area contributed by atoms with Gasteiger partial charge < -0.3 is 15.5 Å². The topological polar surface area (TPSA) is 81.8 Å². The summed E-state index contributed by atoms with van der Waals surface area (Å²) in [7, 11) is 0. The third-order valence-electron chi connectivity index (χ3n) is 4.99. The molecule has 28 heavy (non-hydrogen) atoms. The van der Waals surface area contributed by atoms with Gasteiger partial charge in [-0.2, -0.15) is 5.10 Å². The molecule has 1 aromatic carbocycles. The zero-order valence-electron chi connectivity index (χ0n) is 15.6. The van der Waals surface area contributed by atoms with E-state index in [0.29, 0.717) is 0 Å². The van der Waals surface area contributed by atoms with Gasteiger partial charge in [0.15, 0.2) is 5.13 Å². The Morgan fingerprint density at radius 2 is 2.04 bits per heavy atom. The molecule has 4 heterocycles. The van der Waals surface area contributed by atoms with Crippen LogP contribution in [0.4, 0.5) is 16.6 Å². The number of anilines is 3. The van der Waals surface area contributed by atoms with Crippen LogP contribution in [-0.2, 0) is 0 Å². The number of nitrogens with zero attached hydrogens (tertiary/aromatic N) is 4. The van der Waals surface area contributed by atoms with Gasteiger partial charge in [0.05, 0.1) is 16.4 Å². The van der Waals surface area contributed by atoms with Gasteiger partial charge in [-0.3, -0.25) is 5.10 Å². The summed E-state index contributed by atoms with van der Waals surface area (Å²) in [4.78, 5) is 11.6. The molecule has 5 rings (SSSR count). The number of hydrogen-bond acceptors (Lipinski definition) is 7. The number of hydrogen-bond donors (Lipinski definition) is 3. The lowest BCUT2D eigenvalue weighted by atomic mass is 10.1. The van der Waals surface area contributed by atoms with E-state index in [9.17, 15) is 0 Å². The van der Waals surface area contributed by atoms with Crippen LogP contribution in [0.2, 0.25) is 0 Å². The van der Waals surface area contributed by atoms with Crippen molar-refractivity contribution in [2.24, 2.45) is 0 Å². The minimum absolute atomic E-state index is 0.820. The molecule has 1 saturated heterocycles. The summed E-state index contributed by atoms with van der Waals surface area (Å²) in [5.74, 6) is 0.820. The highest BCUT2D eigenvalue weighted by Gasteiger charge is 2.12. The number of fused-ring (bicyclic) bond motifs is 1. The Morgan fingerprint density at radius 3 is 2.86 bits per heavy atom. The standard InChI is InChI=1S/C20H21N7S/c1-13-16(12-23-26-13)14-2-3-17-18(10-14)28-20(24-17)25-19-11-15(4-5-22-19)27-8-6-21-7-9-27/h2-5,10-12,21H,6-9H2,1H3,(H,23,26)(H,22,24,25). The number of aryl methyl sites for hydroxylation is 1. The van der Waals surface area contributed by atoms with Crippen LogP contribution >= 0.6 is 11.3 Å². The maximum absolute atomic E-state index is 4.72. The Labute approximate surface area is 166 Å². The summed E-state index contributed by atoms with van der Waals surface area (Å²) in [6, 6.07) is 10.5. The average molecular weight is 392 g/mol. The number of thiazole rings is 1. The highest BCUT2D eigenvalue weighted by atomic mass is 32.1. The van der Waals surface area contributed by atoms with Crippen molar-refractivity contribution in [3.05, 3.63) is 48.4 Å². The first-order chi connectivity index (χ1) is 13.8. The maximum atomic E-state index is 4.72. The first-order valence-electron chi connectivity index (χ1n) is 9.36. The number of pyridine rings is 1. The summed E-state index contributed by atoms with van der Waals surface area (Å²) >= 11 is 1.63. The Balaban J connectivity index is 1.40. The van der Waals surface area contributed by atoms with Crippen molar-refractivity contribution in [1.82, 2.24) is 25.5 Å². The van der Waals surface area contributed by atoms with E-state index in [4.69, 9.17) is 4.98 Å². The molecule has 7 nitrogen and oxygen atoms in total. The van der Waals surface area contributed by atoms with E-state index in [0.717, 1.165) is 64.2 Å². The lowest BCUT2D eigenvalue weighted by Gasteiger charge is -2.29. The molecular formula is C20H21N7S. The Bertz CT molecular complexity index is 1110. The van der Waals surface area contributed by atoms with E-state index in [1.165, 1.54) is 5.69 Å². The van der Waals surface area contributed by atoms with E-state index in [-0.39, 0.29) is 0 Å². The molecule has 0 bridgehead atoms. The van der Waals surface area contributed by atoms with E-state index >= 15 is 0 Å². The molecule has 1 fully saturated rings. The number of aromatic nitrogens is 4. The number of H-pyrrole nitrogens is 1. The highest BCUT2D eigenvalue weighted by Crippen LogP contribution is 2.32. The summed E-state index contributed by atoms with van der Waals surface area (Å²) in [5, 5.41) is 14.7. The number of rotatable bonds is 4. The minimum Gasteiger partial charge on any atom is -0.369 e. The Kier molecular flexibility index (Phi) is 4.42. The van der Waals surface area contributed by atoms with Crippen molar-refractivity contribution in [2.75, 3.05) is 36.4 Å². The molecule has 0 aliphatic carbocycles. The fraction of sp³-hybridized carbons (Fsp3) is 0.250. The van der Waals surface area contributed by atoms with Gasteiger partial charge in [0.2, 0.25) is 0 Å². The number of benzene rings is 1. The normalized spacial score (nSPS) is 14.5. The Morgan fingerprint density at radius 1 is 1.14 bits per heavy atom. The summed E-state index contributed by atoms with van der Waals surface area (Å²) in [6.45, 7) is 6.09. The fourth-order valence-corrected chi connectivity index (χ4v) is 4.42. The van der Waals surface area contributed by atoms with Crippen LogP contribution in [0.25, 0.3) is 21.3 Å². The zero-order valence-corrected chi connectivity index (χ0v) is 16.4. The molecule has 3 N–H and O–H groups in total. The minimum atomic E-state index is 0.820. The molecule has 0 unspecified atom stereocenters. The van der Waals surface area contributed by atoms with Crippen molar-refractivity contribution in [1.29, 1.82) is 0 Å². The third kappa shape index (κ3) is 3.32. The van der Waals surface area contributed by atoms with Crippen LogP contribution in [0.1, 0.15) is 5.69 Å². The van der Waals surface area contributed by atoms with Crippen LogP contribution in [0.5, 0.6) is 0 Å². The van der Waals surface area contributed by atoms with Gasteiger partial charge >= 0.3 is 0 Å². The van der Waals surface area contributed by atoms with Crippen LogP contribution in [0, 0.1) is 6.92 Å². The second kappa shape index (κ2) is 7.21. The molecule has 8 heteroatoms. The van der Waals surface area contributed by atoms with Crippen LogP contribution < -0.4 is 15.5 Å². The highest BCUT2D eigenvalue weighted by molar-refractivity contribution is 7.22. The molecule has 1 aliphatic heterocycles. The lowest BCUT2D eigenvalue weighted by molar-refractivity contribution is 0.589. The maximum Gasteiger partial charge on any atom is 0.189 e. The molecule has 4 aromatic rings. The van der Waals surface area contributed by atoms with Crippen molar-refractivity contribution < 1.29 is 0 Å². The molecule has 0 radical (unpaired) electrons.